The van der Waals surface area contributed by atoms with Crippen molar-refractivity contribution in [2.24, 2.45) is 0 Å². The Balaban J connectivity index is 2.54. The Hall–Kier alpha value is -2.77. The zero-order valence-corrected chi connectivity index (χ0v) is 11.7. The standard InChI is InChI=1S/C13H13FN4O3/c1-7-4-5-9(14)10(6-7)21-12-11(18(19)20)8(2)16-13(15-3)17-12/h4-6H,1-3H3,(H,15,16,17). The summed E-state index contributed by atoms with van der Waals surface area (Å²) in [6, 6.07) is 4.24. The van der Waals surface area contributed by atoms with Gasteiger partial charge in [-0.3, -0.25) is 10.1 Å². The highest BCUT2D eigenvalue weighted by atomic mass is 19.1. The van der Waals surface area contributed by atoms with E-state index in [0.717, 1.165) is 5.56 Å². The normalized spacial score (nSPS) is 10.3. The molecule has 21 heavy (non-hydrogen) atoms. The summed E-state index contributed by atoms with van der Waals surface area (Å²) in [5, 5.41) is 13.8. The van der Waals surface area contributed by atoms with Crippen molar-refractivity contribution < 1.29 is 14.1 Å². The predicted octanol–water partition coefficient (Wildman–Crippen LogP) is 2.97. The van der Waals surface area contributed by atoms with Crippen molar-refractivity contribution >= 4 is 11.6 Å². The number of nitro groups is 1. The molecular weight excluding hydrogens is 279 g/mol. The second-order valence-electron chi connectivity index (χ2n) is 4.33. The van der Waals surface area contributed by atoms with Crippen LogP contribution in [0.2, 0.25) is 0 Å². The van der Waals surface area contributed by atoms with Gasteiger partial charge in [-0.15, -0.1) is 0 Å². The molecule has 0 bridgehead atoms. The fourth-order valence-electron chi connectivity index (χ4n) is 1.73. The monoisotopic (exact) mass is 292 g/mol. The van der Waals surface area contributed by atoms with E-state index in [2.05, 4.69) is 15.3 Å². The zero-order valence-electron chi connectivity index (χ0n) is 11.7. The number of rotatable bonds is 4. The van der Waals surface area contributed by atoms with Crippen LogP contribution in [-0.2, 0) is 0 Å². The Bertz CT molecular complexity index is 706. The number of nitrogens with zero attached hydrogens (tertiary/aromatic N) is 3. The van der Waals surface area contributed by atoms with Gasteiger partial charge in [0.05, 0.1) is 4.92 Å². The molecule has 0 fully saturated rings. The lowest BCUT2D eigenvalue weighted by Crippen LogP contribution is -2.05. The van der Waals surface area contributed by atoms with E-state index in [1.807, 2.05) is 0 Å². The smallest absolute Gasteiger partial charge is 0.352 e. The van der Waals surface area contributed by atoms with Gasteiger partial charge in [-0.1, -0.05) is 6.07 Å². The third-order valence-corrected chi connectivity index (χ3v) is 2.73. The third kappa shape index (κ3) is 3.04. The van der Waals surface area contributed by atoms with Gasteiger partial charge in [0.25, 0.3) is 0 Å². The van der Waals surface area contributed by atoms with Crippen LogP contribution in [0.4, 0.5) is 16.0 Å². The van der Waals surface area contributed by atoms with Crippen LogP contribution in [0.15, 0.2) is 18.2 Å². The molecule has 0 saturated carbocycles. The van der Waals surface area contributed by atoms with Gasteiger partial charge in [-0.25, -0.2) is 9.37 Å². The predicted molar refractivity (Wildman–Crippen MR) is 74.2 cm³/mol. The number of ether oxygens (including phenoxy) is 1. The zero-order chi connectivity index (χ0) is 15.6. The van der Waals surface area contributed by atoms with Crippen molar-refractivity contribution in [1.82, 2.24) is 9.97 Å². The minimum Gasteiger partial charge on any atom is -0.430 e. The maximum atomic E-state index is 13.7. The van der Waals surface area contributed by atoms with E-state index >= 15 is 0 Å². The van der Waals surface area contributed by atoms with Crippen LogP contribution in [0.1, 0.15) is 11.3 Å². The number of hydrogen-bond acceptors (Lipinski definition) is 6. The molecule has 110 valence electrons. The molecule has 0 radical (unpaired) electrons. The van der Waals surface area contributed by atoms with E-state index in [0.29, 0.717) is 0 Å². The van der Waals surface area contributed by atoms with Crippen LogP contribution in [-0.4, -0.2) is 21.9 Å². The Labute approximate surface area is 120 Å². The molecule has 0 unspecified atom stereocenters. The van der Waals surface area contributed by atoms with Gasteiger partial charge in [0.2, 0.25) is 5.95 Å². The first-order chi connectivity index (χ1) is 9.92. The Morgan fingerprint density at radius 3 is 2.67 bits per heavy atom. The SMILES string of the molecule is CNc1nc(C)c([N+](=O)[O-])c(Oc2cc(C)ccc2F)n1. The van der Waals surface area contributed by atoms with Gasteiger partial charge in [0.1, 0.15) is 5.69 Å². The molecule has 8 heteroatoms. The molecule has 7 nitrogen and oxygen atoms in total. The van der Waals surface area contributed by atoms with Crippen LogP contribution in [0.5, 0.6) is 11.6 Å². The first-order valence-electron chi connectivity index (χ1n) is 6.07. The minimum atomic E-state index is -0.655. The van der Waals surface area contributed by atoms with Gasteiger partial charge >= 0.3 is 11.6 Å². The fraction of sp³-hybridized carbons (Fsp3) is 0.231. The number of nitrogens with one attached hydrogen (secondary N) is 1. The number of aryl methyl sites for hydroxylation is 2. The number of halogens is 1. The summed E-state index contributed by atoms with van der Waals surface area (Å²) in [5.41, 5.74) is 0.492. The highest BCUT2D eigenvalue weighted by Gasteiger charge is 2.24. The largest absolute Gasteiger partial charge is 0.430 e. The number of benzene rings is 1. The van der Waals surface area contributed by atoms with Crippen molar-refractivity contribution in [3.8, 4) is 11.6 Å². The van der Waals surface area contributed by atoms with E-state index in [4.69, 9.17) is 4.74 Å². The van der Waals surface area contributed by atoms with Crippen LogP contribution >= 0.6 is 0 Å². The highest BCUT2D eigenvalue weighted by molar-refractivity contribution is 5.50. The van der Waals surface area contributed by atoms with Gasteiger partial charge in [0, 0.05) is 7.05 Å². The van der Waals surface area contributed by atoms with Crippen molar-refractivity contribution in [2.75, 3.05) is 12.4 Å². The quantitative estimate of drug-likeness (QED) is 0.688. The molecule has 0 amide bonds. The molecule has 0 saturated heterocycles. The number of hydrogen-bond donors (Lipinski definition) is 1. The molecule has 0 aliphatic carbocycles. The van der Waals surface area contributed by atoms with Crippen LogP contribution in [0, 0.1) is 29.8 Å². The van der Waals surface area contributed by atoms with Gasteiger partial charge in [-0.2, -0.15) is 4.98 Å². The number of anilines is 1. The Morgan fingerprint density at radius 1 is 1.33 bits per heavy atom. The van der Waals surface area contributed by atoms with Crippen LogP contribution in [0.25, 0.3) is 0 Å². The van der Waals surface area contributed by atoms with Gasteiger partial charge in [-0.05, 0) is 31.5 Å². The van der Waals surface area contributed by atoms with Crippen molar-refractivity contribution in [3.05, 3.63) is 45.4 Å². The molecule has 1 N–H and O–H groups in total. The molecule has 2 aromatic rings. The molecule has 0 aliphatic rings. The molecule has 0 aliphatic heterocycles. The maximum absolute atomic E-state index is 13.7. The third-order valence-electron chi connectivity index (χ3n) is 2.73. The molecule has 0 atom stereocenters. The van der Waals surface area contributed by atoms with E-state index in [1.165, 1.54) is 19.1 Å². The van der Waals surface area contributed by atoms with E-state index in [1.54, 1.807) is 20.0 Å². The Kier molecular flexibility index (Phi) is 3.97. The second-order valence-corrected chi connectivity index (χ2v) is 4.33. The molecule has 1 aromatic carbocycles. The van der Waals surface area contributed by atoms with Crippen molar-refractivity contribution in [2.45, 2.75) is 13.8 Å². The Morgan fingerprint density at radius 2 is 2.05 bits per heavy atom. The van der Waals surface area contributed by atoms with Gasteiger partial charge < -0.3 is 10.1 Å². The van der Waals surface area contributed by atoms with E-state index in [9.17, 15) is 14.5 Å². The second kappa shape index (κ2) is 5.70. The average Bonchev–Trinajstić information content (AvgIpc) is 2.41. The molecular formula is C13H13FN4O3. The summed E-state index contributed by atoms with van der Waals surface area (Å²) < 4.78 is 19.0. The minimum absolute atomic E-state index is 0.127. The molecule has 1 aromatic heterocycles. The summed E-state index contributed by atoms with van der Waals surface area (Å²) >= 11 is 0. The first kappa shape index (κ1) is 14.6. The lowest BCUT2D eigenvalue weighted by Gasteiger charge is -2.09. The van der Waals surface area contributed by atoms with Crippen LogP contribution in [0.3, 0.4) is 0 Å². The summed E-state index contributed by atoms with van der Waals surface area (Å²) in [5.74, 6) is -0.905. The van der Waals surface area contributed by atoms with E-state index < -0.39 is 16.4 Å². The van der Waals surface area contributed by atoms with Crippen molar-refractivity contribution in [3.63, 3.8) is 0 Å². The highest BCUT2D eigenvalue weighted by Crippen LogP contribution is 2.33. The van der Waals surface area contributed by atoms with Crippen molar-refractivity contribution in [1.29, 1.82) is 0 Å². The molecule has 0 spiro atoms. The number of aromatic nitrogens is 2. The summed E-state index contributed by atoms with van der Waals surface area (Å²) in [6.07, 6.45) is 0. The maximum Gasteiger partial charge on any atom is 0.352 e. The molecule has 1 heterocycles. The summed E-state index contributed by atoms with van der Waals surface area (Å²) in [4.78, 5) is 18.3. The fourth-order valence-corrected chi connectivity index (χ4v) is 1.73. The lowest BCUT2D eigenvalue weighted by molar-refractivity contribution is -0.386. The first-order valence-corrected chi connectivity index (χ1v) is 6.07. The van der Waals surface area contributed by atoms with Gasteiger partial charge in [0.15, 0.2) is 11.6 Å². The summed E-state index contributed by atoms with van der Waals surface area (Å²) in [6.45, 7) is 3.21. The average molecular weight is 292 g/mol. The lowest BCUT2D eigenvalue weighted by atomic mass is 10.2. The van der Waals surface area contributed by atoms with Crippen LogP contribution < -0.4 is 10.1 Å². The topological polar surface area (TPSA) is 90.2 Å². The van der Waals surface area contributed by atoms with E-state index in [-0.39, 0.29) is 23.3 Å². The molecule has 2 rings (SSSR count). The summed E-state index contributed by atoms with van der Waals surface area (Å²) in [7, 11) is 1.57.